The summed E-state index contributed by atoms with van der Waals surface area (Å²) in [7, 11) is 0. The molecule has 4 nitrogen and oxygen atoms in total. The van der Waals surface area contributed by atoms with Crippen LogP contribution in [0.2, 0.25) is 13.1 Å². The van der Waals surface area contributed by atoms with Gasteiger partial charge < -0.3 is 24.8 Å². The first-order valence-electron chi connectivity index (χ1n) is 18.1. The molecule has 0 radical (unpaired) electrons. The van der Waals surface area contributed by atoms with Crippen molar-refractivity contribution in [2.75, 3.05) is 0 Å². The maximum absolute atomic E-state index is 4.57. The summed E-state index contributed by atoms with van der Waals surface area (Å²) in [6.45, 7) is 9.05. The molecule has 0 aliphatic heterocycles. The fraction of sp³-hybridized carbons (Fsp3) is 0.174. The van der Waals surface area contributed by atoms with E-state index in [9.17, 15) is 0 Å². The van der Waals surface area contributed by atoms with E-state index in [2.05, 4.69) is 120 Å². The van der Waals surface area contributed by atoms with E-state index in [4.69, 9.17) is 0 Å². The molecule has 272 valence electrons. The molecule has 0 saturated carbocycles. The fourth-order valence-electron chi connectivity index (χ4n) is 6.46. The van der Waals surface area contributed by atoms with Gasteiger partial charge in [0.2, 0.25) is 0 Å². The number of benzene rings is 2. The topological polar surface area (TPSA) is 51.6 Å². The Hall–Kier alpha value is -4.06. The molecule has 0 aliphatic rings. The van der Waals surface area contributed by atoms with Gasteiger partial charge in [-0.15, -0.1) is 56.9 Å². The molecule has 0 atom stereocenters. The monoisotopic (exact) mass is 840 g/mol. The van der Waals surface area contributed by atoms with Gasteiger partial charge in [0, 0.05) is 24.8 Å². The maximum atomic E-state index is 4.57. The van der Waals surface area contributed by atoms with Crippen LogP contribution < -0.4 is 24.8 Å². The molecule has 4 aromatic carbocycles. The van der Waals surface area contributed by atoms with E-state index in [-0.39, 0.29) is 30.2 Å². The first kappa shape index (κ1) is 42.7. The van der Waals surface area contributed by atoms with Crippen LogP contribution in [0.4, 0.5) is 0 Å². The molecule has 0 unspecified atom stereocenters. The summed E-state index contributed by atoms with van der Waals surface area (Å²) >= 11 is 1.74. The molecule has 4 heterocycles. The smallest absolute Gasteiger partial charge is 1.00 e. The van der Waals surface area contributed by atoms with Crippen molar-refractivity contribution in [1.82, 2.24) is 19.9 Å². The van der Waals surface area contributed by atoms with Crippen LogP contribution >= 0.6 is 0 Å². The van der Waals surface area contributed by atoms with Crippen molar-refractivity contribution < 1.29 is 48.1 Å². The van der Waals surface area contributed by atoms with E-state index in [1.807, 2.05) is 73.3 Å². The van der Waals surface area contributed by atoms with E-state index in [0.717, 1.165) is 59.6 Å². The third-order valence-corrected chi connectivity index (χ3v) is 8.65. The van der Waals surface area contributed by atoms with Gasteiger partial charge >= 0.3 is 41.9 Å². The quantitative estimate of drug-likeness (QED) is 0.138. The number of rotatable bonds is 8. The van der Waals surface area contributed by atoms with Gasteiger partial charge in [-0.1, -0.05) is 63.1 Å². The summed E-state index contributed by atoms with van der Waals surface area (Å²) < 4.78 is 0. The number of hydrogen-bond donors (Lipinski definition) is 0. The Labute approximate surface area is 347 Å². The summed E-state index contributed by atoms with van der Waals surface area (Å²) in [5, 5.41) is 5.08. The van der Waals surface area contributed by atoms with Crippen molar-refractivity contribution in [2.45, 2.75) is 52.6 Å². The van der Waals surface area contributed by atoms with Crippen molar-refractivity contribution in [3.63, 3.8) is 0 Å². The van der Waals surface area contributed by atoms with Crippen LogP contribution in [-0.4, -0.2) is 25.4 Å². The van der Waals surface area contributed by atoms with E-state index in [1.54, 1.807) is 23.3 Å². The van der Waals surface area contributed by atoms with E-state index < -0.39 is 0 Å². The Morgan fingerprint density at radius 1 is 0.500 bits per heavy atom. The first-order valence-corrected chi connectivity index (χ1v) is 24.3. The summed E-state index contributed by atoms with van der Waals surface area (Å²) in [5.74, 6) is 0. The minimum Gasteiger partial charge on any atom is -1.00 e. The molecule has 0 spiro atoms. The van der Waals surface area contributed by atoms with Crippen molar-refractivity contribution in [2.24, 2.45) is 0 Å². The number of fused-ring (bicyclic) bond motifs is 2. The third-order valence-electron chi connectivity index (χ3n) is 8.65. The van der Waals surface area contributed by atoms with E-state index in [1.165, 1.54) is 43.8 Å². The van der Waals surface area contributed by atoms with Gasteiger partial charge in [0.25, 0.3) is 0 Å². The standard InChI is InChI=1S/2C22H19N2.C2H6Si.2ClH.Zr/c2*1-2-7-16-12-17-14-18(21-8-3-5-10-23-21)15-20(19(17)13-16)22-9-4-6-11-24-22;1-3-2;;;/h2*3-6,8-15H,2,7H2,1H3;1-2H3;2*1H;/q2*-1;;;;+2/p-2. The molecule has 0 bridgehead atoms. The molecule has 8 aromatic rings. The molecule has 0 saturated heterocycles. The summed E-state index contributed by atoms with van der Waals surface area (Å²) in [5.41, 5.74) is 11.6. The Balaban J connectivity index is 0.000000212. The van der Waals surface area contributed by atoms with Crippen molar-refractivity contribution in [1.29, 1.82) is 0 Å². The van der Waals surface area contributed by atoms with Crippen molar-refractivity contribution >= 4 is 27.0 Å². The molecule has 8 rings (SSSR count). The number of aromatic nitrogens is 4. The van der Waals surface area contributed by atoms with Crippen LogP contribution in [-0.2, 0) is 36.2 Å². The van der Waals surface area contributed by atoms with Crippen LogP contribution in [0.15, 0.2) is 146 Å². The summed E-state index contributed by atoms with van der Waals surface area (Å²) in [4.78, 5) is 18.2. The van der Waals surface area contributed by atoms with Gasteiger partial charge in [-0.25, -0.2) is 0 Å². The number of pyridine rings is 4. The van der Waals surface area contributed by atoms with Crippen molar-refractivity contribution in [3.8, 4) is 45.0 Å². The average molecular weight is 843 g/mol. The molecule has 4 aromatic heterocycles. The summed E-state index contributed by atoms with van der Waals surface area (Å²) in [6, 6.07) is 42.3. The minimum atomic E-state index is 0. The second kappa shape index (κ2) is 21.1. The molecular weight excluding hydrogens is 799 g/mol. The van der Waals surface area contributed by atoms with Crippen LogP contribution in [0, 0.1) is 0 Å². The molecular formula is C46H44Cl2N4SiZr-2. The minimum absolute atomic E-state index is 0. The van der Waals surface area contributed by atoms with Gasteiger partial charge in [0.1, 0.15) is 0 Å². The van der Waals surface area contributed by atoms with Gasteiger partial charge in [-0.05, 0) is 83.6 Å². The normalized spacial score (nSPS) is 10.3. The third kappa shape index (κ3) is 11.0. The Morgan fingerprint density at radius 3 is 1.13 bits per heavy atom. The van der Waals surface area contributed by atoms with Crippen LogP contribution in [0.5, 0.6) is 0 Å². The van der Waals surface area contributed by atoms with Crippen LogP contribution in [0.25, 0.3) is 66.6 Å². The summed E-state index contributed by atoms with van der Waals surface area (Å²) in [6.07, 6.45) is 11.9. The Kier molecular flexibility index (Phi) is 16.7. The predicted octanol–water partition coefficient (Wildman–Crippen LogP) is 6.06. The maximum Gasteiger partial charge on any atom is -1.00 e. The zero-order chi connectivity index (χ0) is 36.3. The van der Waals surface area contributed by atoms with Gasteiger partial charge in [-0.2, -0.15) is 12.1 Å². The average Bonchev–Trinajstić information content (AvgIpc) is 3.79. The molecule has 8 heteroatoms. The SMILES string of the molecule is CCCc1cc2c(-c3ccccn3)cc(-c3ccccn3)cc2[cH-]1.CCCc1cc2c(-c3ccccn3)cc(-c3ccccn3)cc2[cH-]1.C[Si](C)=[Zr+2].[Cl-].[Cl-]. The molecule has 0 N–H and O–H groups in total. The number of aryl methyl sites for hydroxylation is 2. The molecule has 54 heavy (non-hydrogen) atoms. The van der Waals surface area contributed by atoms with E-state index in [0.29, 0.717) is 0 Å². The molecule has 0 fully saturated rings. The van der Waals surface area contributed by atoms with E-state index >= 15 is 0 Å². The van der Waals surface area contributed by atoms with Crippen molar-refractivity contribution in [3.05, 3.63) is 157 Å². The number of nitrogens with zero attached hydrogens (tertiary/aromatic N) is 4. The number of hydrogen-bond acceptors (Lipinski definition) is 4. The number of halogens is 2. The van der Waals surface area contributed by atoms with Crippen LogP contribution in [0.1, 0.15) is 37.8 Å². The zero-order valence-corrected chi connectivity index (χ0v) is 36.2. The zero-order valence-electron chi connectivity index (χ0n) is 31.2. The first-order chi connectivity index (χ1) is 25.4. The van der Waals surface area contributed by atoms with Gasteiger partial charge in [-0.3, -0.25) is 19.9 Å². The second-order valence-corrected chi connectivity index (χ2v) is 22.5. The van der Waals surface area contributed by atoms with Gasteiger partial charge in [0.05, 0.1) is 22.8 Å². The van der Waals surface area contributed by atoms with Gasteiger partial charge in [0.15, 0.2) is 0 Å². The predicted molar refractivity (Wildman–Crippen MR) is 217 cm³/mol. The largest absolute Gasteiger partial charge is 1.00 e. The second-order valence-electron chi connectivity index (χ2n) is 13.1. The fourth-order valence-corrected chi connectivity index (χ4v) is 6.46. The van der Waals surface area contributed by atoms with Crippen LogP contribution in [0.3, 0.4) is 0 Å². The Morgan fingerprint density at radius 2 is 0.833 bits per heavy atom. The Bertz CT molecular complexity index is 2190. The molecule has 0 aliphatic carbocycles. The molecule has 0 amide bonds.